The molecule has 0 unspecified atom stereocenters. The van der Waals surface area contributed by atoms with E-state index in [2.05, 4.69) is 17.1 Å². The summed E-state index contributed by atoms with van der Waals surface area (Å²) in [6.45, 7) is 1.73. The summed E-state index contributed by atoms with van der Waals surface area (Å²) in [7, 11) is 0. The number of nitrogens with zero attached hydrogens (tertiary/aromatic N) is 2. The van der Waals surface area contributed by atoms with Crippen LogP contribution < -0.4 is 0 Å². The molecule has 1 fully saturated rings. The van der Waals surface area contributed by atoms with Gasteiger partial charge in [-0.25, -0.2) is 0 Å². The van der Waals surface area contributed by atoms with Crippen LogP contribution in [0.1, 0.15) is 44.9 Å². The highest BCUT2D eigenvalue weighted by atomic mass is 32.2. The van der Waals surface area contributed by atoms with Crippen LogP contribution in [0.15, 0.2) is 17.1 Å². The molecule has 0 spiro atoms. The molecular formula is C16H24N2O4S. The number of carboxylic acid groups (broad SMARTS) is 2. The molecule has 2 atom stereocenters. The first-order valence-electron chi connectivity index (χ1n) is 8.17. The minimum atomic E-state index is -1.10. The van der Waals surface area contributed by atoms with Crippen LogP contribution in [-0.2, 0) is 9.59 Å². The van der Waals surface area contributed by atoms with E-state index in [1.54, 1.807) is 0 Å². The monoisotopic (exact) mass is 340 g/mol. The van der Waals surface area contributed by atoms with Crippen LogP contribution in [-0.4, -0.2) is 56.6 Å². The molecule has 0 radical (unpaired) electrons. The Bertz CT molecular complexity index is 486. The molecule has 0 amide bonds. The third kappa shape index (κ3) is 5.89. The van der Waals surface area contributed by atoms with Gasteiger partial charge in [0.1, 0.15) is 5.25 Å². The van der Waals surface area contributed by atoms with E-state index in [4.69, 9.17) is 10.1 Å². The number of aliphatic imine (C=N–C) groups is 1. The molecule has 0 aromatic rings. The number of carbonyl (C=O) groups is 2. The van der Waals surface area contributed by atoms with Crippen molar-refractivity contribution in [2.24, 2.45) is 4.99 Å². The van der Waals surface area contributed by atoms with Crippen molar-refractivity contribution >= 4 is 28.9 Å². The standard InChI is InChI=1S/C16H24N2O4S/c19-14(20)11-13(15(21)22)23-16(18-9-5-2-6-10-18)17-12-7-3-1-4-8-12/h3,7,12-13H,1-2,4-6,8-11H2,(H,19,20)(H,21,22)/t12-,13+/m0/s1. The number of carboxylic acids is 2. The number of hydrogen-bond acceptors (Lipinski definition) is 4. The zero-order valence-corrected chi connectivity index (χ0v) is 14.0. The number of hydrogen-bond donors (Lipinski definition) is 2. The second-order valence-corrected chi connectivity index (χ2v) is 7.10. The topological polar surface area (TPSA) is 90.2 Å². The van der Waals surface area contributed by atoms with E-state index in [1.807, 2.05) is 0 Å². The lowest BCUT2D eigenvalue weighted by Gasteiger charge is -2.31. The van der Waals surface area contributed by atoms with Crippen LogP contribution in [0.4, 0.5) is 0 Å². The molecule has 23 heavy (non-hydrogen) atoms. The first-order chi connectivity index (χ1) is 11.1. The van der Waals surface area contributed by atoms with Gasteiger partial charge >= 0.3 is 11.9 Å². The van der Waals surface area contributed by atoms with Gasteiger partial charge in [-0.3, -0.25) is 14.6 Å². The second-order valence-electron chi connectivity index (χ2n) is 5.93. The van der Waals surface area contributed by atoms with Crippen molar-refractivity contribution in [2.45, 2.75) is 56.2 Å². The molecule has 0 aromatic heterocycles. The van der Waals surface area contributed by atoms with Crippen molar-refractivity contribution in [3.63, 3.8) is 0 Å². The molecule has 1 heterocycles. The molecule has 1 saturated heterocycles. The van der Waals surface area contributed by atoms with Crippen LogP contribution in [0, 0.1) is 0 Å². The summed E-state index contributed by atoms with van der Waals surface area (Å²) >= 11 is 1.09. The third-order valence-electron chi connectivity index (χ3n) is 4.01. The summed E-state index contributed by atoms with van der Waals surface area (Å²) in [4.78, 5) is 29.2. The first kappa shape index (κ1) is 17.8. The molecular weight excluding hydrogens is 316 g/mol. The maximum atomic E-state index is 11.4. The minimum absolute atomic E-state index is 0.0763. The first-order valence-corrected chi connectivity index (χ1v) is 9.05. The van der Waals surface area contributed by atoms with Crippen molar-refractivity contribution in [3.8, 4) is 0 Å². The fraction of sp³-hybridized carbons (Fsp3) is 0.688. The van der Waals surface area contributed by atoms with Gasteiger partial charge in [-0.1, -0.05) is 23.9 Å². The fourth-order valence-corrected chi connectivity index (χ4v) is 3.89. The Labute approximate surface area is 140 Å². The number of rotatable bonds is 5. The van der Waals surface area contributed by atoms with Crippen molar-refractivity contribution in [3.05, 3.63) is 12.2 Å². The summed E-state index contributed by atoms with van der Waals surface area (Å²) in [5.74, 6) is -2.19. The average molecular weight is 340 g/mol. The van der Waals surface area contributed by atoms with Crippen LogP contribution in [0.5, 0.6) is 0 Å². The van der Waals surface area contributed by atoms with Gasteiger partial charge in [0.2, 0.25) is 0 Å². The molecule has 7 heteroatoms. The lowest BCUT2D eigenvalue weighted by molar-refractivity contribution is -0.142. The van der Waals surface area contributed by atoms with Gasteiger partial charge in [0.25, 0.3) is 0 Å². The van der Waals surface area contributed by atoms with Crippen LogP contribution in [0.2, 0.25) is 0 Å². The lowest BCUT2D eigenvalue weighted by Crippen LogP contribution is -2.37. The number of allylic oxidation sites excluding steroid dienone is 1. The van der Waals surface area contributed by atoms with E-state index in [-0.39, 0.29) is 6.04 Å². The highest BCUT2D eigenvalue weighted by molar-refractivity contribution is 8.14. The molecule has 0 bridgehead atoms. The molecule has 6 nitrogen and oxygen atoms in total. The van der Waals surface area contributed by atoms with Crippen LogP contribution in [0.25, 0.3) is 0 Å². The summed E-state index contributed by atoms with van der Waals surface area (Å²) in [5.41, 5.74) is 0. The third-order valence-corrected chi connectivity index (χ3v) is 5.24. The van der Waals surface area contributed by atoms with Crippen molar-refractivity contribution < 1.29 is 19.8 Å². The summed E-state index contributed by atoms with van der Waals surface area (Å²) < 4.78 is 0. The number of piperidine rings is 1. The smallest absolute Gasteiger partial charge is 0.317 e. The van der Waals surface area contributed by atoms with Crippen molar-refractivity contribution in [1.82, 2.24) is 4.90 Å². The quantitative estimate of drug-likeness (QED) is 0.454. The largest absolute Gasteiger partial charge is 0.481 e. The summed E-state index contributed by atoms with van der Waals surface area (Å²) in [6.07, 6.45) is 10.2. The Kier molecular flexibility index (Phi) is 6.95. The highest BCUT2D eigenvalue weighted by Gasteiger charge is 2.27. The molecule has 1 aliphatic carbocycles. The zero-order chi connectivity index (χ0) is 16.7. The normalized spacial score (nSPS) is 23.6. The van der Waals surface area contributed by atoms with E-state index in [0.717, 1.165) is 57.0 Å². The number of likely N-dealkylation sites (tertiary alicyclic amines) is 1. The van der Waals surface area contributed by atoms with Crippen molar-refractivity contribution in [1.29, 1.82) is 0 Å². The molecule has 2 N–H and O–H groups in total. The van der Waals surface area contributed by atoms with E-state index in [0.29, 0.717) is 5.17 Å². The van der Waals surface area contributed by atoms with Gasteiger partial charge < -0.3 is 15.1 Å². The molecule has 1 aliphatic heterocycles. The van der Waals surface area contributed by atoms with E-state index in [1.165, 1.54) is 6.42 Å². The maximum absolute atomic E-state index is 11.4. The van der Waals surface area contributed by atoms with Gasteiger partial charge in [0, 0.05) is 13.1 Å². The van der Waals surface area contributed by atoms with Gasteiger partial charge in [-0.05, 0) is 38.5 Å². The summed E-state index contributed by atoms with van der Waals surface area (Å²) in [6, 6.07) is 0.0763. The maximum Gasteiger partial charge on any atom is 0.317 e. The molecule has 2 aliphatic rings. The molecule has 2 rings (SSSR count). The predicted octanol–water partition coefficient (Wildman–Crippen LogP) is 2.60. The Hall–Kier alpha value is -1.50. The molecule has 128 valence electrons. The Morgan fingerprint density at radius 2 is 1.96 bits per heavy atom. The van der Waals surface area contributed by atoms with E-state index in [9.17, 15) is 14.7 Å². The molecule has 0 aromatic carbocycles. The number of thioether (sulfide) groups is 1. The minimum Gasteiger partial charge on any atom is -0.481 e. The Morgan fingerprint density at radius 3 is 2.52 bits per heavy atom. The zero-order valence-electron chi connectivity index (χ0n) is 13.2. The van der Waals surface area contributed by atoms with Gasteiger partial charge in [0.05, 0.1) is 12.5 Å². The van der Waals surface area contributed by atoms with Gasteiger partial charge in [0.15, 0.2) is 5.17 Å². The predicted molar refractivity (Wildman–Crippen MR) is 90.9 cm³/mol. The summed E-state index contributed by atoms with van der Waals surface area (Å²) in [5, 5.41) is 17.9. The van der Waals surface area contributed by atoms with E-state index < -0.39 is 23.6 Å². The highest BCUT2D eigenvalue weighted by Crippen LogP contribution is 2.25. The molecule has 0 saturated carbocycles. The fourth-order valence-electron chi connectivity index (χ4n) is 2.78. The number of aliphatic carboxylic acids is 2. The SMILES string of the molecule is O=C(O)C[C@@H](SC(=N[C@H]1C=CCCC1)N1CCCCC1)C(=O)O. The van der Waals surface area contributed by atoms with E-state index >= 15 is 0 Å². The second kappa shape index (κ2) is 8.96. The van der Waals surface area contributed by atoms with Crippen LogP contribution >= 0.6 is 11.8 Å². The average Bonchev–Trinajstić information content (AvgIpc) is 2.54. The van der Waals surface area contributed by atoms with Gasteiger partial charge in [-0.2, -0.15) is 0 Å². The van der Waals surface area contributed by atoms with Crippen molar-refractivity contribution in [2.75, 3.05) is 13.1 Å². The Morgan fingerprint density at radius 1 is 1.22 bits per heavy atom. The Balaban J connectivity index is 2.15. The lowest BCUT2D eigenvalue weighted by atomic mass is 10.0. The number of amidine groups is 1. The van der Waals surface area contributed by atoms with Crippen LogP contribution in [0.3, 0.4) is 0 Å². The van der Waals surface area contributed by atoms with Gasteiger partial charge in [-0.15, -0.1) is 0 Å².